The van der Waals surface area contributed by atoms with Gasteiger partial charge >= 0.3 is 0 Å². The first-order chi connectivity index (χ1) is 9.65. The number of aryl methyl sites for hydroxylation is 1. The number of β-amino-alcohol motifs (C(OH)–C–C–N with tert-alkyl or cyclic N) is 1. The van der Waals surface area contributed by atoms with Crippen molar-refractivity contribution >= 4 is 11.6 Å². The highest BCUT2D eigenvalue weighted by atomic mass is 35.5. The number of aliphatic hydroxyl groups is 1. The molecule has 5 heteroatoms. The highest BCUT2D eigenvalue weighted by Crippen LogP contribution is 2.26. The standard InChI is InChI=1S/C15H18ClN3O/c1-11-14(10-18-8-7-13(20)9-18)15(16)19(17-11)12-5-3-2-4-6-12/h2-6,13,20H,7-10H2,1H3/t13-/m0/s1. The molecule has 0 amide bonds. The van der Waals surface area contributed by atoms with E-state index in [0.717, 1.165) is 36.5 Å². The summed E-state index contributed by atoms with van der Waals surface area (Å²) >= 11 is 6.49. The molecule has 0 radical (unpaired) electrons. The number of halogens is 1. The van der Waals surface area contributed by atoms with E-state index in [1.54, 1.807) is 4.68 Å². The van der Waals surface area contributed by atoms with Crippen molar-refractivity contribution in [1.29, 1.82) is 0 Å². The Bertz CT molecular complexity index is 597. The molecule has 106 valence electrons. The van der Waals surface area contributed by atoms with E-state index >= 15 is 0 Å². The number of likely N-dealkylation sites (tertiary alicyclic amines) is 1. The maximum Gasteiger partial charge on any atom is 0.137 e. The summed E-state index contributed by atoms with van der Waals surface area (Å²) in [6, 6.07) is 9.89. The maximum absolute atomic E-state index is 9.60. The van der Waals surface area contributed by atoms with Crippen molar-refractivity contribution in [2.24, 2.45) is 0 Å². The molecule has 1 fully saturated rings. The van der Waals surface area contributed by atoms with E-state index in [1.165, 1.54) is 0 Å². The van der Waals surface area contributed by atoms with Crippen LogP contribution in [0.15, 0.2) is 30.3 Å². The van der Waals surface area contributed by atoms with Gasteiger partial charge in [0.15, 0.2) is 0 Å². The van der Waals surface area contributed by atoms with Gasteiger partial charge in [0.05, 0.1) is 17.5 Å². The van der Waals surface area contributed by atoms with E-state index in [1.807, 2.05) is 37.3 Å². The van der Waals surface area contributed by atoms with Crippen LogP contribution in [0.25, 0.3) is 5.69 Å². The van der Waals surface area contributed by atoms with Gasteiger partial charge in [-0.15, -0.1) is 0 Å². The van der Waals surface area contributed by atoms with Gasteiger partial charge in [0.1, 0.15) is 5.15 Å². The number of hydrogen-bond donors (Lipinski definition) is 1. The van der Waals surface area contributed by atoms with E-state index in [-0.39, 0.29) is 6.10 Å². The lowest BCUT2D eigenvalue weighted by atomic mass is 10.2. The first kappa shape index (κ1) is 13.6. The lowest BCUT2D eigenvalue weighted by molar-refractivity contribution is 0.174. The van der Waals surface area contributed by atoms with Gasteiger partial charge in [0.25, 0.3) is 0 Å². The minimum Gasteiger partial charge on any atom is -0.392 e. The van der Waals surface area contributed by atoms with Gasteiger partial charge < -0.3 is 5.11 Å². The fraction of sp³-hybridized carbons (Fsp3) is 0.400. The number of aromatic nitrogens is 2. The molecule has 0 saturated carbocycles. The molecule has 1 N–H and O–H groups in total. The molecule has 3 rings (SSSR count). The van der Waals surface area contributed by atoms with Crippen LogP contribution in [0.3, 0.4) is 0 Å². The lowest BCUT2D eigenvalue weighted by Gasteiger charge is -2.14. The highest BCUT2D eigenvalue weighted by molar-refractivity contribution is 6.30. The molecule has 0 unspecified atom stereocenters. The fourth-order valence-electron chi connectivity index (χ4n) is 2.63. The second-order valence-corrected chi connectivity index (χ2v) is 5.64. The van der Waals surface area contributed by atoms with Crippen molar-refractivity contribution in [3.63, 3.8) is 0 Å². The zero-order valence-electron chi connectivity index (χ0n) is 11.5. The predicted octanol–water partition coefficient (Wildman–Crippen LogP) is 2.40. The number of para-hydroxylation sites is 1. The van der Waals surface area contributed by atoms with Gasteiger partial charge in [-0.1, -0.05) is 29.8 Å². The van der Waals surface area contributed by atoms with Crippen molar-refractivity contribution in [2.45, 2.75) is 26.0 Å². The van der Waals surface area contributed by atoms with Crippen LogP contribution < -0.4 is 0 Å². The molecule has 0 aliphatic carbocycles. The van der Waals surface area contributed by atoms with Gasteiger partial charge in [0.2, 0.25) is 0 Å². The van der Waals surface area contributed by atoms with Crippen LogP contribution in [0.1, 0.15) is 17.7 Å². The molecule has 1 saturated heterocycles. The molecule has 2 heterocycles. The smallest absolute Gasteiger partial charge is 0.137 e. The molecule has 1 aromatic heterocycles. The average molecular weight is 292 g/mol. The molecule has 0 spiro atoms. The quantitative estimate of drug-likeness (QED) is 0.944. The Hall–Kier alpha value is -1.36. The maximum atomic E-state index is 9.60. The van der Waals surface area contributed by atoms with Gasteiger partial charge in [-0.2, -0.15) is 5.10 Å². The second kappa shape index (κ2) is 5.56. The zero-order chi connectivity index (χ0) is 14.1. The monoisotopic (exact) mass is 291 g/mol. The largest absolute Gasteiger partial charge is 0.392 e. The summed E-state index contributed by atoms with van der Waals surface area (Å²) in [4.78, 5) is 2.22. The molecule has 4 nitrogen and oxygen atoms in total. The molecule has 1 aliphatic heterocycles. The highest BCUT2D eigenvalue weighted by Gasteiger charge is 2.23. The van der Waals surface area contributed by atoms with E-state index in [2.05, 4.69) is 10.00 Å². The van der Waals surface area contributed by atoms with E-state index in [4.69, 9.17) is 11.6 Å². The number of nitrogens with zero attached hydrogens (tertiary/aromatic N) is 3. The number of benzene rings is 1. The van der Waals surface area contributed by atoms with Crippen molar-refractivity contribution in [3.8, 4) is 5.69 Å². The van der Waals surface area contributed by atoms with Crippen molar-refractivity contribution in [2.75, 3.05) is 13.1 Å². The van der Waals surface area contributed by atoms with Crippen LogP contribution in [0.2, 0.25) is 5.15 Å². The lowest BCUT2D eigenvalue weighted by Crippen LogP contribution is -2.21. The van der Waals surface area contributed by atoms with E-state index in [9.17, 15) is 5.11 Å². The predicted molar refractivity (Wildman–Crippen MR) is 79.2 cm³/mol. The summed E-state index contributed by atoms with van der Waals surface area (Å²) in [5, 5.41) is 14.8. The Morgan fingerprint density at radius 2 is 2.10 bits per heavy atom. The number of hydrogen-bond acceptors (Lipinski definition) is 3. The third-order valence-corrected chi connectivity index (χ3v) is 4.14. The average Bonchev–Trinajstić information content (AvgIpc) is 2.98. The summed E-state index contributed by atoms with van der Waals surface area (Å²) in [6.45, 7) is 4.35. The molecule has 20 heavy (non-hydrogen) atoms. The topological polar surface area (TPSA) is 41.3 Å². The van der Waals surface area contributed by atoms with Crippen LogP contribution in [0, 0.1) is 6.92 Å². The van der Waals surface area contributed by atoms with Gasteiger partial charge in [-0.05, 0) is 25.5 Å². The molecule has 1 aromatic carbocycles. The normalized spacial score (nSPS) is 19.6. The molecule has 0 bridgehead atoms. The Morgan fingerprint density at radius 3 is 2.75 bits per heavy atom. The van der Waals surface area contributed by atoms with Crippen LogP contribution >= 0.6 is 11.6 Å². The van der Waals surface area contributed by atoms with E-state index in [0.29, 0.717) is 11.7 Å². The summed E-state index contributed by atoms with van der Waals surface area (Å²) < 4.78 is 1.78. The van der Waals surface area contributed by atoms with E-state index < -0.39 is 0 Å². The minimum absolute atomic E-state index is 0.210. The van der Waals surface area contributed by atoms with Crippen molar-refractivity contribution in [1.82, 2.24) is 14.7 Å². The fourth-order valence-corrected chi connectivity index (χ4v) is 2.96. The van der Waals surface area contributed by atoms with Gasteiger partial charge in [0, 0.05) is 25.2 Å². The third-order valence-electron chi connectivity index (χ3n) is 3.75. The van der Waals surface area contributed by atoms with Crippen LogP contribution in [0.5, 0.6) is 0 Å². The summed E-state index contributed by atoms with van der Waals surface area (Å²) in [7, 11) is 0. The Balaban J connectivity index is 1.87. The first-order valence-electron chi connectivity index (χ1n) is 6.85. The Kier molecular flexibility index (Phi) is 3.78. The van der Waals surface area contributed by atoms with Gasteiger partial charge in [-0.3, -0.25) is 4.90 Å². The molecule has 2 aromatic rings. The number of aliphatic hydroxyl groups excluding tert-OH is 1. The van der Waals surface area contributed by atoms with Crippen LogP contribution in [-0.4, -0.2) is 39.0 Å². The molecule has 1 atom stereocenters. The second-order valence-electron chi connectivity index (χ2n) is 5.28. The first-order valence-corrected chi connectivity index (χ1v) is 7.23. The van der Waals surface area contributed by atoms with Crippen molar-refractivity contribution in [3.05, 3.63) is 46.7 Å². The van der Waals surface area contributed by atoms with Gasteiger partial charge in [-0.25, -0.2) is 4.68 Å². The minimum atomic E-state index is -0.210. The zero-order valence-corrected chi connectivity index (χ0v) is 12.2. The number of rotatable bonds is 3. The third kappa shape index (κ3) is 2.59. The summed E-state index contributed by atoms with van der Waals surface area (Å²) in [5.74, 6) is 0. The van der Waals surface area contributed by atoms with Crippen molar-refractivity contribution < 1.29 is 5.11 Å². The molecular formula is C15H18ClN3O. The summed E-state index contributed by atoms with van der Waals surface area (Å²) in [6.07, 6.45) is 0.627. The Labute approximate surface area is 123 Å². The molecular weight excluding hydrogens is 274 g/mol. The van der Waals surface area contributed by atoms with Crippen LogP contribution in [0.4, 0.5) is 0 Å². The van der Waals surface area contributed by atoms with Crippen LogP contribution in [-0.2, 0) is 6.54 Å². The Morgan fingerprint density at radius 1 is 1.35 bits per heavy atom. The summed E-state index contributed by atoms with van der Waals surface area (Å²) in [5.41, 5.74) is 2.96. The molecule has 1 aliphatic rings. The SMILES string of the molecule is Cc1nn(-c2ccccc2)c(Cl)c1CN1CC[C@H](O)C1.